The summed E-state index contributed by atoms with van der Waals surface area (Å²) < 4.78 is 22.2. The maximum Gasteiger partial charge on any atom is 0.176 e. The molecule has 0 amide bonds. The zero-order valence-corrected chi connectivity index (χ0v) is 11.6. The van der Waals surface area contributed by atoms with E-state index in [-0.39, 0.29) is 5.82 Å². The molecular weight excluding hydrogens is 261 g/mol. The Morgan fingerprint density at radius 3 is 2.79 bits per heavy atom. The molecule has 2 nitrogen and oxygen atoms in total. The van der Waals surface area contributed by atoms with Crippen LogP contribution in [0.2, 0.25) is 0 Å². The maximum absolute atomic E-state index is 13.7. The smallest absolute Gasteiger partial charge is 0.176 e. The fraction of sp³-hybridized carbons (Fsp3) is 0.200. The molecule has 2 aromatic heterocycles. The molecule has 2 heterocycles. The predicted molar refractivity (Wildman–Crippen MR) is 76.6 cm³/mol. The van der Waals surface area contributed by atoms with Crippen LogP contribution in [0.25, 0.3) is 10.2 Å². The van der Waals surface area contributed by atoms with E-state index >= 15 is 0 Å². The number of hydrogen-bond acceptors (Lipinski definition) is 2. The molecule has 4 heteroatoms. The van der Waals surface area contributed by atoms with Gasteiger partial charge in [0.25, 0.3) is 0 Å². The number of fused-ring (bicyclic) bond motifs is 1. The Labute approximate surface area is 115 Å². The number of hydrogen-bond donors (Lipinski definition) is 0. The van der Waals surface area contributed by atoms with Gasteiger partial charge in [-0.25, -0.2) is 4.39 Å². The number of benzene rings is 1. The van der Waals surface area contributed by atoms with Crippen molar-refractivity contribution in [2.75, 3.05) is 7.11 Å². The number of ether oxygens (including phenoxy) is 1. The topological polar surface area (TPSA) is 14.2 Å². The molecule has 0 N–H and O–H groups in total. The van der Waals surface area contributed by atoms with E-state index in [1.165, 1.54) is 10.8 Å². The number of thiophene rings is 1. The van der Waals surface area contributed by atoms with Gasteiger partial charge in [0.1, 0.15) is 5.82 Å². The number of aryl methyl sites for hydroxylation is 1. The highest BCUT2D eigenvalue weighted by Crippen LogP contribution is 2.35. The van der Waals surface area contributed by atoms with E-state index in [1.807, 2.05) is 25.2 Å². The standard InChI is InChI=1S/C15H14FNOS/c1-17-9-11(7-10-5-3-4-6-12(10)16)15-13(17)8-14(18-2)19-15/h3-6,8-9H,7H2,1-2H3. The summed E-state index contributed by atoms with van der Waals surface area (Å²) in [5.74, 6) is -0.150. The summed E-state index contributed by atoms with van der Waals surface area (Å²) in [4.78, 5) is 0. The van der Waals surface area contributed by atoms with Gasteiger partial charge < -0.3 is 9.30 Å². The van der Waals surface area contributed by atoms with Gasteiger partial charge in [0.15, 0.2) is 5.06 Å². The fourth-order valence-electron chi connectivity index (χ4n) is 2.29. The number of rotatable bonds is 3. The SMILES string of the molecule is COc1cc2c(s1)c(Cc1ccccc1F)cn2C. The minimum Gasteiger partial charge on any atom is -0.487 e. The van der Waals surface area contributed by atoms with E-state index in [0.717, 1.165) is 21.7 Å². The van der Waals surface area contributed by atoms with Crippen molar-refractivity contribution in [1.82, 2.24) is 4.57 Å². The summed E-state index contributed by atoms with van der Waals surface area (Å²) in [7, 11) is 3.67. The zero-order valence-electron chi connectivity index (χ0n) is 10.8. The third kappa shape index (κ3) is 2.12. The number of nitrogens with zero attached hydrogens (tertiary/aromatic N) is 1. The highest BCUT2D eigenvalue weighted by atomic mass is 32.1. The van der Waals surface area contributed by atoms with Crippen molar-refractivity contribution in [3.63, 3.8) is 0 Å². The van der Waals surface area contributed by atoms with E-state index in [1.54, 1.807) is 24.5 Å². The van der Waals surface area contributed by atoms with Gasteiger partial charge >= 0.3 is 0 Å². The summed E-state index contributed by atoms with van der Waals surface area (Å²) in [6, 6.07) is 8.94. The summed E-state index contributed by atoms with van der Waals surface area (Å²) in [5.41, 5.74) is 2.99. The van der Waals surface area contributed by atoms with Crippen LogP contribution in [-0.4, -0.2) is 11.7 Å². The van der Waals surface area contributed by atoms with Crippen molar-refractivity contribution < 1.29 is 9.13 Å². The summed E-state index contributed by atoms with van der Waals surface area (Å²) in [5, 5.41) is 0.885. The predicted octanol–water partition coefficient (Wildman–Crippen LogP) is 3.98. The Hall–Kier alpha value is -1.81. The molecule has 0 aliphatic carbocycles. The lowest BCUT2D eigenvalue weighted by atomic mass is 10.1. The Morgan fingerprint density at radius 2 is 2.05 bits per heavy atom. The second kappa shape index (κ2) is 4.70. The number of halogens is 1. The van der Waals surface area contributed by atoms with Crippen LogP contribution in [0.4, 0.5) is 4.39 Å². The van der Waals surface area contributed by atoms with Crippen LogP contribution >= 0.6 is 11.3 Å². The molecule has 0 aliphatic rings. The molecule has 0 radical (unpaired) electrons. The van der Waals surface area contributed by atoms with Gasteiger partial charge in [0.2, 0.25) is 0 Å². The lowest BCUT2D eigenvalue weighted by molar-refractivity contribution is 0.427. The van der Waals surface area contributed by atoms with Crippen molar-refractivity contribution in [3.05, 3.63) is 53.5 Å². The molecule has 98 valence electrons. The van der Waals surface area contributed by atoms with Crippen LogP contribution in [0, 0.1) is 5.82 Å². The number of aromatic nitrogens is 1. The van der Waals surface area contributed by atoms with Gasteiger partial charge in [0, 0.05) is 25.7 Å². The monoisotopic (exact) mass is 275 g/mol. The Morgan fingerprint density at radius 1 is 1.26 bits per heavy atom. The van der Waals surface area contributed by atoms with Crippen LogP contribution in [0.3, 0.4) is 0 Å². The van der Waals surface area contributed by atoms with Gasteiger partial charge in [0.05, 0.1) is 17.3 Å². The van der Waals surface area contributed by atoms with Crippen LogP contribution in [-0.2, 0) is 13.5 Å². The first-order chi connectivity index (χ1) is 9.19. The molecule has 1 aromatic carbocycles. The summed E-state index contributed by atoms with van der Waals surface area (Å²) in [6.45, 7) is 0. The highest BCUT2D eigenvalue weighted by molar-refractivity contribution is 7.20. The van der Waals surface area contributed by atoms with E-state index in [9.17, 15) is 4.39 Å². The second-order valence-electron chi connectivity index (χ2n) is 4.52. The van der Waals surface area contributed by atoms with Crippen LogP contribution in [0.15, 0.2) is 36.5 Å². The third-order valence-corrected chi connectivity index (χ3v) is 4.41. The third-order valence-electron chi connectivity index (χ3n) is 3.25. The Balaban J connectivity index is 2.05. The fourth-order valence-corrected chi connectivity index (χ4v) is 3.31. The molecule has 3 rings (SSSR count). The van der Waals surface area contributed by atoms with Gasteiger partial charge in [-0.05, 0) is 17.2 Å². The van der Waals surface area contributed by atoms with Crippen LogP contribution in [0.1, 0.15) is 11.1 Å². The van der Waals surface area contributed by atoms with Crippen molar-refractivity contribution in [2.45, 2.75) is 6.42 Å². The first-order valence-corrected chi connectivity index (χ1v) is 6.86. The first-order valence-electron chi connectivity index (χ1n) is 6.04. The largest absolute Gasteiger partial charge is 0.487 e. The molecule has 0 fully saturated rings. The number of methoxy groups -OCH3 is 1. The Kier molecular flexibility index (Phi) is 3.03. The lowest BCUT2D eigenvalue weighted by Gasteiger charge is -2.01. The van der Waals surface area contributed by atoms with Crippen molar-refractivity contribution in [2.24, 2.45) is 7.05 Å². The van der Waals surface area contributed by atoms with Crippen molar-refractivity contribution >= 4 is 21.6 Å². The van der Waals surface area contributed by atoms with E-state index in [4.69, 9.17) is 4.74 Å². The van der Waals surface area contributed by atoms with E-state index < -0.39 is 0 Å². The summed E-state index contributed by atoms with van der Waals surface area (Å²) in [6.07, 6.45) is 2.67. The molecule has 0 saturated heterocycles. The van der Waals surface area contributed by atoms with Crippen LogP contribution in [0.5, 0.6) is 5.06 Å². The van der Waals surface area contributed by atoms with Gasteiger partial charge in [-0.1, -0.05) is 29.5 Å². The second-order valence-corrected chi connectivity index (χ2v) is 5.53. The first kappa shape index (κ1) is 12.2. The van der Waals surface area contributed by atoms with Crippen molar-refractivity contribution in [3.8, 4) is 5.06 Å². The quantitative estimate of drug-likeness (QED) is 0.705. The molecule has 19 heavy (non-hydrogen) atoms. The van der Waals surface area contributed by atoms with Crippen molar-refractivity contribution in [1.29, 1.82) is 0 Å². The Bertz CT molecular complexity index is 729. The molecule has 3 aromatic rings. The van der Waals surface area contributed by atoms with Crippen LogP contribution < -0.4 is 4.74 Å². The molecule has 0 saturated carbocycles. The normalized spacial score (nSPS) is 11.1. The minimum absolute atomic E-state index is 0.150. The highest BCUT2D eigenvalue weighted by Gasteiger charge is 2.13. The minimum atomic E-state index is -0.150. The van der Waals surface area contributed by atoms with Gasteiger partial charge in [-0.3, -0.25) is 0 Å². The zero-order chi connectivity index (χ0) is 13.4. The summed E-state index contributed by atoms with van der Waals surface area (Å²) >= 11 is 1.60. The van der Waals surface area contributed by atoms with E-state index in [0.29, 0.717) is 6.42 Å². The molecule has 0 unspecified atom stereocenters. The lowest BCUT2D eigenvalue weighted by Crippen LogP contribution is -1.91. The maximum atomic E-state index is 13.7. The average Bonchev–Trinajstić information content (AvgIpc) is 2.94. The molecule has 0 atom stereocenters. The molecular formula is C15H14FNOS. The molecule has 0 aliphatic heterocycles. The molecule has 0 spiro atoms. The average molecular weight is 275 g/mol. The molecule has 0 bridgehead atoms. The van der Waals surface area contributed by atoms with Gasteiger partial charge in [-0.2, -0.15) is 0 Å². The van der Waals surface area contributed by atoms with E-state index in [2.05, 4.69) is 10.8 Å². The van der Waals surface area contributed by atoms with Gasteiger partial charge in [-0.15, -0.1) is 0 Å².